The maximum absolute atomic E-state index is 2.43. The molecular formula is C17H20. The first kappa shape index (κ1) is 10.8. The van der Waals surface area contributed by atoms with Crippen molar-refractivity contribution in [3.63, 3.8) is 0 Å². The van der Waals surface area contributed by atoms with Gasteiger partial charge in [-0.1, -0.05) is 55.7 Å². The van der Waals surface area contributed by atoms with Gasteiger partial charge in [-0.05, 0) is 47.6 Å². The second-order valence-electron chi connectivity index (χ2n) is 5.39. The zero-order chi connectivity index (χ0) is 11.7. The molecule has 3 rings (SSSR count). The Bertz CT molecular complexity index is 519. The topological polar surface area (TPSA) is 0 Å². The fourth-order valence-corrected chi connectivity index (χ4v) is 3.14. The van der Waals surface area contributed by atoms with Crippen LogP contribution in [0, 0.1) is 6.92 Å². The number of fused-ring (bicyclic) bond motifs is 1. The highest BCUT2D eigenvalue weighted by Gasteiger charge is 2.15. The molecule has 1 saturated carbocycles. The van der Waals surface area contributed by atoms with Gasteiger partial charge in [0.05, 0.1) is 0 Å². The van der Waals surface area contributed by atoms with E-state index in [0.717, 1.165) is 5.92 Å². The van der Waals surface area contributed by atoms with Crippen LogP contribution in [0.25, 0.3) is 10.8 Å². The van der Waals surface area contributed by atoms with E-state index in [4.69, 9.17) is 0 Å². The lowest BCUT2D eigenvalue weighted by molar-refractivity contribution is 0.444. The summed E-state index contributed by atoms with van der Waals surface area (Å²) in [5.41, 5.74) is 2.96. The van der Waals surface area contributed by atoms with E-state index in [1.165, 1.54) is 48.4 Å². The van der Waals surface area contributed by atoms with Crippen LogP contribution in [0.4, 0.5) is 0 Å². The molecule has 1 aliphatic rings. The molecule has 0 saturated heterocycles. The lowest BCUT2D eigenvalue weighted by Gasteiger charge is -2.22. The number of hydrogen-bond acceptors (Lipinski definition) is 0. The summed E-state index contributed by atoms with van der Waals surface area (Å²) in [5.74, 6) is 0.813. The van der Waals surface area contributed by atoms with Crippen LogP contribution in [-0.2, 0) is 0 Å². The van der Waals surface area contributed by atoms with Gasteiger partial charge >= 0.3 is 0 Å². The Kier molecular flexibility index (Phi) is 2.88. The summed E-state index contributed by atoms with van der Waals surface area (Å²) < 4.78 is 0. The van der Waals surface area contributed by atoms with Crippen molar-refractivity contribution in [2.75, 3.05) is 0 Å². The highest BCUT2D eigenvalue weighted by atomic mass is 14.2. The van der Waals surface area contributed by atoms with E-state index in [-0.39, 0.29) is 0 Å². The van der Waals surface area contributed by atoms with E-state index in [2.05, 4.69) is 43.3 Å². The van der Waals surface area contributed by atoms with Crippen LogP contribution >= 0.6 is 0 Å². The molecule has 0 unspecified atom stereocenters. The predicted octanol–water partition coefficient (Wildman–Crippen LogP) is 5.20. The second-order valence-corrected chi connectivity index (χ2v) is 5.39. The molecule has 0 aromatic heterocycles. The molecule has 0 atom stereocenters. The third-order valence-corrected chi connectivity index (χ3v) is 4.20. The number of aryl methyl sites for hydroxylation is 1. The maximum atomic E-state index is 2.43. The fourth-order valence-electron chi connectivity index (χ4n) is 3.14. The summed E-state index contributed by atoms with van der Waals surface area (Å²) >= 11 is 0. The van der Waals surface area contributed by atoms with Gasteiger partial charge in [0, 0.05) is 0 Å². The summed E-state index contributed by atoms with van der Waals surface area (Å²) in [7, 11) is 0. The minimum atomic E-state index is 0.813. The predicted molar refractivity (Wildman–Crippen MR) is 74.5 cm³/mol. The Morgan fingerprint density at radius 3 is 2.59 bits per heavy atom. The monoisotopic (exact) mass is 224 g/mol. The molecule has 0 amide bonds. The molecule has 88 valence electrons. The van der Waals surface area contributed by atoms with Gasteiger partial charge in [0.1, 0.15) is 0 Å². The van der Waals surface area contributed by atoms with Gasteiger partial charge in [-0.3, -0.25) is 0 Å². The van der Waals surface area contributed by atoms with Crippen molar-refractivity contribution in [1.82, 2.24) is 0 Å². The fraction of sp³-hybridized carbons (Fsp3) is 0.412. The van der Waals surface area contributed by atoms with E-state index in [9.17, 15) is 0 Å². The van der Waals surface area contributed by atoms with Crippen LogP contribution in [0.3, 0.4) is 0 Å². The quantitative estimate of drug-likeness (QED) is 0.625. The van der Waals surface area contributed by atoms with Crippen molar-refractivity contribution in [1.29, 1.82) is 0 Å². The third-order valence-electron chi connectivity index (χ3n) is 4.20. The van der Waals surface area contributed by atoms with Crippen molar-refractivity contribution < 1.29 is 0 Å². The average molecular weight is 224 g/mol. The second kappa shape index (κ2) is 4.52. The number of rotatable bonds is 1. The van der Waals surface area contributed by atoms with Gasteiger partial charge in [0.15, 0.2) is 0 Å². The molecule has 0 N–H and O–H groups in total. The normalized spacial score (nSPS) is 17.5. The lowest BCUT2D eigenvalue weighted by atomic mass is 9.83. The summed E-state index contributed by atoms with van der Waals surface area (Å²) in [4.78, 5) is 0. The molecular weight excluding hydrogens is 204 g/mol. The molecule has 0 spiro atoms. The molecule has 0 bridgehead atoms. The van der Waals surface area contributed by atoms with Crippen LogP contribution in [0.5, 0.6) is 0 Å². The van der Waals surface area contributed by atoms with E-state index < -0.39 is 0 Å². The minimum absolute atomic E-state index is 0.813. The van der Waals surface area contributed by atoms with Crippen LogP contribution in [0.2, 0.25) is 0 Å². The van der Waals surface area contributed by atoms with Crippen LogP contribution in [0.15, 0.2) is 36.4 Å². The molecule has 0 heteroatoms. The van der Waals surface area contributed by atoms with Crippen molar-refractivity contribution in [2.45, 2.75) is 44.9 Å². The zero-order valence-electron chi connectivity index (χ0n) is 10.6. The van der Waals surface area contributed by atoms with Gasteiger partial charge in [0.25, 0.3) is 0 Å². The van der Waals surface area contributed by atoms with Gasteiger partial charge in [-0.15, -0.1) is 0 Å². The first-order valence-corrected chi connectivity index (χ1v) is 6.84. The molecule has 0 radical (unpaired) electrons. The summed E-state index contributed by atoms with van der Waals surface area (Å²) in [6, 6.07) is 13.7. The smallest absolute Gasteiger partial charge is 0.0152 e. The SMILES string of the molecule is Cc1cccc2ccc(C3CCCCC3)cc12. The van der Waals surface area contributed by atoms with Gasteiger partial charge < -0.3 is 0 Å². The molecule has 1 aliphatic carbocycles. The molecule has 0 aliphatic heterocycles. The minimum Gasteiger partial charge on any atom is -0.0614 e. The molecule has 17 heavy (non-hydrogen) atoms. The Hall–Kier alpha value is -1.30. The maximum Gasteiger partial charge on any atom is -0.0152 e. The van der Waals surface area contributed by atoms with Crippen LogP contribution in [-0.4, -0.2) is 0 Å². The highest BCUT2D eigenvalue weighted by molar-refractivity contribution is 5.86. The molecule has 0 nitrogen and oxygen atoms in total. The first-order valence-electron chi connectivity index (χ1n) is 6.84. The van der Waals surface area contributed by atoms with E-state index in [1.54, 1.807) is 5.56 Å². The van der Waals surface area contributed by atoms with Crippen LogP contribution < -0.4 is 0 Å². The number of benzene rings is 2. The zero-order valence-corrected chi connectivity index (χ0v) is 10.6. The average Bonchev–Trinajstić information content (AvgIpc) is 2.40. The van der Waals surface area contributed by atoms with Crippen molar-refractivity contribution in [3.05, 3.63) is 47.5 Å². The third kappa shape index (κ3) is 2.09. The summed E-state index contributed by atoms with van der Waals surface area (Å²) in [5, 5.41) is 2.82. The van der Waals surface area contributed by atoms with Crippen LogP contribution in [0.1, 0.15) is 49.1 Å². The van der Waals surface area contributed by atoms with Gasteiger partial charge in [-0.2, -0.15) is 0 Å². The van der Waals surface area contributed by atoms with E-state index >= 15 is 0 Å². The molecule has 2 aromatic rings. The number of hydrogen-bond donors (Lipinski definition) is 0. The standard InChI is InChI=1S/C17H20/c1-13-6-5-9-15-10-11-16(12-17(13)15)14-7-3-2-4-8-14/h5-6,9-12,14H,2-4,7-8H2,1H3. The molecule has 1 fully saturated rings. The van der Waals surface area contributed by atoms with Crippen molar-refractivity contribution in [3.8, 4) is 0 Å². The Balaban J connectivity index is 2.03. The highest BCUT2D eigenvalue weighted by Crippen LogP contribution is 2.34. The van der Waals surface area contributed by atoms with E-state index in [1.807, 2.05) is 0 Å². The van der Waals surface area contributed by atoms with Crippen molar-refractivity contribution >= 4 is 10.8 Å². The van der Waals surface area contributed by atoms with Crippen molar-refractivity contribution in [2.24, 2.45) is 0 Å². The summed E-state index contributed by atoms with van der Waals surface area (Å²) in [6.07, 6.45) is 7.03. The lowest BCUT2D eigenvalue weighted by Crippen LogP contribution is -2.04. The molecule has 0 heterocycles. The molecule has 2 aromatic carbocycles. The first-order chi connectivity index (χ1) is 8.34. The van der Waals surface area contributed by atoms with Gasteiger partial charge in [0.2, 0.25) is 0 Å². The Labute approximate surface area is 104 Å². The Morgan fingerprint density at radius 1 is 0.941 bits per heavy atom. The largest absolute Gasteiger partial charge is 0.0614 e. The van der Waals surface area contributed by atoms with E-state index in [0.29, 0.717) is 0 Å². The summed E-state index contributed by atoms with van der Waals surface area (Å²) in [6.45, 7) is 2.22. The Morgan fingerprint density at radius 2 is 1.76 bits per heavy atom. The van der Waals surface area contributed by atoms with Gasteiger partial charge in [-0.25, -0.2) is 0 Å².